The molecule has 0 aromatic carbocycles. The van der Waals surface area contributed by atoms with Gasteiger partial charge in [0.1, 0.15) is 10.2 Å². The Morgan fingerprint density at radius 2 is 2.05 bits per heavy atom. The van der Waals surface area contributed by atoms with Crippen LogP contribution in [0.5, 0.6) is 0 Å². The smallest absolute Gasteiger partial charge is 0.407 e. The highest BCUT2D eigenvalue weighted by Crippen LogP contribution is 2.07. The second-order valence-electron chi connectivity index (χ2n) is 5.40. The van der Waals surface area contributed by atoms with Crippen molar-refractivity contribution in [2.45, 2.75) is 39.2 Å². The summed E-state index contributed by atoms with van der Waals surface area (Å²) in [5.41, 5.74) is 0.0812. The number of amides is 1. The molecule has 0 aliphatic rings. The molecule has 1 amide bonds. The summed E-state index contributed by atoms with van der Waals surface area (Å²) in [5.74, 6) is 0.0160. The van der Waals surface area contributed by atoms with Crippen molar-refractivity contribution in [1.82, 2.24) is 10.3 Å². The van der Waals surface area contributed by atoms with Gasteiger partial charge in [0.2, 0.25) is 0 Å². The molecule has 0 radical (unpaired) electrons. The van der Waals surface area contributed by atoms with E-state index in [4.69, 9.17) is 17.0 Å². The Bertz CT molecular complexity index is 511. The number of ether oxygens (including phenoxy) is 1. The summed E-state index contributed by atoms with van der Waals surface area (Å²) in [5, 5.41) is 2.62. The van der Waals surface area contributed by atoms with E-state index in [9.17, 15) is 9.59 Å². The number of alkyl carbamates (subject to hydrolysis) is 1. The van der Waals surface area contributed by atoms with Gasteiger partial charge in [0.15, 0.2) is 5.78 Å². The maximum absolute atomic E-state index is 11.8. The van der Waals surface area contributed by atoms with Gasteiger partial charge in [-0.1, -0.05) is 12.2 Å². The molecule has 6 heteroatoms. The highest BCUT2D eigenvalue weighted by Gasteiger charge is 2.15. The lowest BCUT2D eigenvalue weighted by Crippen LogP contribution is -2.33. The number of H-pyrrole nitrogens is 1. The van der Waals surface area contributed by atoms with Crippen molar-refractivity contribution in [1.29, 1.82) is 0 Å². The number of carbonyl (C=O) groups is 2. The molecule has 0 saturated carbocycles. The number of aromatic nitrogens is 1. The fourth-order valence-corrected chi connectivity index (χ4v) is 1.61. The molecule has 0 spiro atoms. The Morgan fingerprint density at radius 3 is 2.60 bits per heavy atom. The van der Waals surface area contributed by atoms with E-state index >= 15 is 0 Å². The normalized spacial score (nSPS) is 10.9. The molecular weight excluding hydrogens is 276 g/mol. The highest BCUT2D eigenvalue weighted by molar-refractivity contribution is 7.71. The first-order valence-corrected chi connectivity index (χ1v) is 6.87. The van der Waals surface area contributed by atoms with Crippen LogP contribution in [0.4, 0.5) is 4.79 Å². The molecule has 1 rings (SSSR count). The van der Waals surface area contributed by atoms with Crippen molar-refractivity contribution >= 4 is 24.1 Å². The van der Waals surface area contributed by atoms with Crippen LogP contribution in [-0.4, -0.2) is 29.0 Å². The van der Waals surface area contributed by atoms with E-state index in [1.54, 1.807) is 39.1 Å². The van der Waals surface area contributed by atoms with Crippen molar-refractivity contribution in [3.8, 4) is 0 Å². The van der Waals surface area contributed by atoms with E-state index in [2.05, 4.69) is 10.3 Å². The summed E-state index contributed by atoms with van der Waals surface area (Å²) >= 11 is 4.91. The minimum Gasteiger partial charge on any atom is -0.444 e. The number of hydrogen-bond donors (Lipinski definition) is 2. The van der Waals surface area contributed by atoms with Gasteiger partial charge in [0, 0.05) is 24.7 Å². The van der Waals surface area contributed by atoms with Crippen LogP contribution in [0, 0.1) is 4.64 Å². The summed E-state index contributed by atoms with van der Waals surface area (Å²) in [6.45, 7) is 5.81. The minimum absolute atomic E-state index is 0.0160. The van der Waals surface area contributed by atoms with Gasteiger partial charge in [0.05, 0.1) is 0 Å². The predicted molar refractivity (Wildman–Crippen MR) is 79.4 cm³/mol. The topological polar surface area (TPSA) is 71.2 Å². The Kier molecular flexibility index (Phi) is 5.88. The second kappa shape index (κ2) is 7.19. The van der Waals surface area contributed by atoms with E-state index in [1.165, 1.54) is 0 Å². The third-order valence-corrected chi connectivity index (χ3v) is 2.61. The zero-order chi connectivity index (χ0) is 15.2. The molecule has 1 aromatic rings. The standard InChI is InChI=1S/C14H20N2O3S/c1-14(2,3)19-13(18)15-8-4-5-11(17)10-6-7-12(20)16-9-10/h6-7,9H,4-5,8H2,1-3H3,(H,15,18)(H,16,20). The van der Waals surface area contributed by atoms with Gasteiger partial charge in [-0.25, -0.2) is 4.79 Å². The molecule has 20 heavy (non-hydrogen) atoms. The molecule has 1 heterocycles. The maximum Gasteiger partial charge on any atom is 0.407 e. The molecule has 0 bridgehead atoms. The fourth-order valence-electron chi connectivity index (χ4n) is 1.48. The summed E-state index contributed by atoms with van der Waals surface area (Å²) in [6, 6.07) is 3.38. The summed E-state index contributed by atoms with van der Waals surface area (Å²) < 4.78 is 5.68. The number of nitrogens with one attached hydrogen (secondary N) is 2. The van der Waals surface area contributed by atoms with Crippen molar-refractivity contribution in [2.75, 3.05) is 6.54 Å². The largest absolute Gasteiger partial charge is 0.444 e. The second-order valence-corrected chi connectivity index (χ2v) is 5.84. The number of carbonyl (C=O) groups excluding carboxylic acids is 2. The van der Waals surface area contributed by atoms with Gasteiger partial charge in [-0.15, -0.1) is 0 Å². The molecule has 0 aliphatic heterocycles. The first kappa shape index (κ1) is 16.4. The Hall–Kier alpha value is -1.69. The van der Waals surface area contributed by atoms with Crippen LogP contribution in [0.3, 0.4) is 0 Å². The number of aromatic amines is 1. The summed E-state index contributed by atoms with van der Waals surface area (Å²) in [6.07, 6.45) is 2.06. The molecular formula is C14H20N2O3S. The predicted octanol–water partition coefficient (Wildman–Crippen LogP) is 3.23. The molecule has 0 unspecified atom stereocenters. The first-order valence-electron chi connectivity index (χ1n) is 6.47. The van der Waals surface area contributed by atoms with Crippen molar-refractivity contribution in [3.05, 3.63) is 28.5 Å². The monoisotopic (exact) mass is 296 g/mol. The summed E-state index contributed by atoms with van der Waals surface area (Å²) in [7, 11) is 0. The van der Waals surface area contributed by atoms with Crippen LogP contribution in [0.1, 0.15) is 44.0 Å². The van der Waals surface area contributed by atoms with E-state index < -0.39 is 11.7 Å². The molecule has 0 saturated heterocycles. The number of rotatable bonds is 5. The van der Waals surface area contributed by atoms with Crippen molar-refractivity contribution < 1.29 is 14.3 Å². The number of pyridine rings is 1. The van der Waals surface area contributed by atoms with Crippen LogP contribution in [-0.2, 0) is 4.74 Å². The third-order valence-electron chi connectivity index (χ3n) is 2.36. The van der Waals surface area contributed by atoms with Gasteiger partial charge in [-0.3, -0.25) is 4.79 Å². The van der Waals surface area contributed by atoms with Crippen LogP contribution >= 0.6 is 12.2 Å². The van der Waals surface area contributed by atoms with Crippen molar-refractivity contribution in [3.63, 3.8) is 0 Å². The van der Waals surface area contributed by atoms with Gasteiger partial charge < -0.3 is 15.0 Å². The average molecular weight is 296 g/mol. The third kappa shape index (κ3) is 6.47. The molecule has 0 fully saturated rings. The Labute approximate surface area is 123 Å². The maximum atomic E-state index is 11.8. The number of ketones is 1. The number of Topliss-reactive ketones (excluding diaryl/α,β-unsaturated/α-hetero) is 1. The van der Waals surface area contributed by atoms with Gasteiger partial charge in [0.25, 0.3) is 0 Å². The zero-order valence-electron chi connectivity index (χ0n) is 12.0. The molecule has 1 aromatic heterocycles. The highest BCUT2D eigenvalue weighted by atomic mass is 32.1. The van der Waals surface area contributed by atoms with E-state index in [-0.39, 0.29) is 5.78 Å². The van der Waals surface area contributed by atoms with Crippen LogP contribution in [0.2, 0.25) is 0 Å². The molecule has 2 N–H and O–H groups in total. The number of hydrogen-bond acceptors (Lipinski definition) is 4. The lowest BCUT2D eigenvalue weighted by molar-refractivity contribution is 0.0525. The van der Waals surface area contributed by atoms with Gasteiger partial charge in [-0.2, -0.15) is 0 Å². The molecule has 0 atom stereocenters. The Balaban J connectivity index is 2.27. The fraction of sp³-hybridized carbons (Fsp3) is 0.500. The van der Waals surface area contributed by atoms with Gasteiger partial charge in [-0.05, 0) is 39.3 Å². The first-order chi connectivity index (χ1) is 9.28. The minimum atomic E-state index is -0.512. The Morgan fingerprint density at radius 1 is 1.35 bits per heavy atom. The molecule has 5 nitrogen and oxygen atoms in total. The lowest BCUT2D eigenvalue weighted by atomic mass is 10.1. The zero-order valence-corrected chi connectivity index (χ0v) is 12.8. The van der Waals surface area contributed by atoms with Crippen LogP contribution in [0.25, 0.3) is 0 Å². The van der Waals surface area contributed by atoms with Crippen LogP contribution < -0.4 is 5.32 Å². The van der Waals surface area contributed by atoms with Crippen LogP contribution in [0.15, 0.2) is 18.3 Å². The SMILES string of the molecule is CC(C)(C)OC(=O)NCCCC(=O)c1ccc(=S)[nH]c1. The van der Waals surface area contributed by atoms with Crippen molar-refractivity contribution in [2.24, 2.45) is 0 Å². The summed E-state index contributed by atoms with van der Waals surface area (Å²) in [4.78, 5) is 26.0. The average Bonchev–Trinajstić information content (AvgIpc) is 2.33. The van der Waals surface area contributed by atoms with E-state index in [0.717, 1.165) is 0 Å². The van der Waals surface area contributed by atoms with E-state index in [1.807, 2.05) is 0 Å². The van der Waals surface area contributed by atoms with E-state index in [0.29, 0.717) is 29.6 Å². The quantitative estimate of drug-likeness (QED) is 0.497. The lowest BCUT2D eigenvalue weighted by Gasteiger charge is -2.19. The molecule has 110 valence electrons. The molecule has 0 aliphatic carbocycles. The van der Waals surface area contributed by atoms with Gasteiger partial charge >= 0.3 is 6.09 Å².